The van der Waals surface area contributed by atoms with E-state index in [0.29, 0.717) is 6.42 Å². The van der Waals surface area contributed by atoms with E-state index in [-0.39, 0.29) is 5.97 Å². The van der Waals surface area contributed by atoms with Crippen LogP contribution in [0.3, 0.4) is 0 Å². The SMILES string of the molecule is CC(C)(C)OC(=O)[C@H](N)Cc1ccc(I)cc1. The van der Waals surface area contributed by atoms with Crippen LogP contribution in [0.15, 0.2) is 24.3 Å². The van der Waals surface area contributed by atoms with Crippen LogP contribution in [0.5, 0.6) is 0 Å². The van der Waals surface area contributed by atoms with Crippen molar-refractivity contribution in [1.82, 2.24) is 0 Å². The van der Waals surface area contributed by atoms with Gasteiger partial charge in [0.15, 0.2) is 0 Å². The van der Waals surface area contributed by atoms with Gasteiger partial charge in [-0.25, -0.2) is 0 Å². The molecule has 0 heterocycles. The normalized spacial score (nSPS) is 13.2. The zero-order chi connectivity index (χ0) is 13.1. The molecule has 0 radical (unpaired) electrons. The first-order valence-corrected chi connectivity index (χ1v) is 6.59. The van der Waals surface area contributed by atoms with Gasteiger partial charge in [0, 0.05) is 3.57 Å². The molecule has 0 saturated carbocycles. The Kier molecular flexibility index (Phi) is 4.94. The molecule has 1 aromatic rings. The molecular formula is C13H18INO2. The zero-order valence-electron chi connectivity index (χ0n) is 10.4. The second kappa shape index (κ2) is 5.82. The van der Waals surface area contributed by atoms with Gasteiger partial charge in [-0.3, -0.25) is 4.79 Å². The molecule has 94 valence electrons. The highest BCUT2D eigenvalue weighted by Crippen LogP contribution is 2.11. The van der Waals surface area contributed by atoms with E-state index in [0.717, 1.165) is 9.13 Å². The van der Waals surface area contributed by atoms with Gasteiger partial charge in [-0.15, -0.1) is 0 Å². The predicted molar refractivity (Wildman–Crippen MR) is 76.7 cm³/mol. The topological polar surface area (TPSA) is 52.3 Å². The van der Waals surface area contributed by atoms with Crippen molar-refractivity contribution in [1.29, 1.82) is 0 Å². The first-order valence-electron chi connectivity index (χ1n) is 5.51. The molecule has 0 aromatic heterocycles. The second-order valence-electron chi connectivity index (χ2n) is 4.97. The number of hydrogen-bond donors (Lipinski definition) is 1. The number of esters is 1. The highest BCUT2D eigenvalue weighted by molar-refractivity contribution is 14.1. The van der Waals surface area contributed by atoms with Crippen molar-refractivity contribution in [3.05, 3.63) is 33.4 Å². The molecule has 17 heavy (non-hydrogen) atoms. The maximum Gasteiger partial charge on any atom is 0.323 e. The molecule has 0 spiro atoms. The van der Waals surface area contributed by atoms with Crippen LogP contribution in [0.1, 0.15) is 26.3 Å². The van der Waals surface area contributed by atoms with Crippen LogP contribution >= 0.6 is 22.6 Å². The minimum Gasteiger partial charge on any atom is -0.459 e. The molecule has 0 bridgehead atoms. The molecular weight excluding hydrogens is 329 g/mol. The molecule has 1 rings (SSSR count). The lowest BCUT2D eigenvalue weighted by Gasteiger charge is -2.22. The first-order chi connectivity index (χ1) is 7.78. The van der Waals surface area contributed by atoms with Crippen molar-refractivity contribution >= 4 is 28.6 Å². The Labute approximate surface area is 116 Å². The fourth-order valence-corrected chi connectivity index (χ4v) is 1.69. The van der Waals surface area contributed by atoms with Gasteiger partial charge in [-0.05, 0) is 67.5 Å². The smallest absolute Gasteiger partial charge is 0.323 e. The van der Waals surface area contributed by atoms with E-state index < -0.39 is 11.6 Å². The predicted octanol–water partition coefficient (Wildman–Crippen LogP) is 2.50. The summed E-state index contributed by atoms with van der Waals surface area (Å²) in [6.45, 7) is 5.51. The van der Waals surface area contributed by atoms with Gasteiger partial charge < -0.3 is 10.5 Å². The standard InChI is InChI=1S/C13H18INO2/c1-13(2,3)17-12(16)11(15)8-9-4-6-10(14)7-5-9/h4-7,11H,8,15H2,1-3H3/t11-/m1/s1. The Hall–Kier alpha value is -0.620. The molecule has 1 aromatic carbocycles. The van der Waals surface area contributed by atoms with Crippen molar-refractivity contribution in [2.24, 2.45) is 5.73 Å². The van der Waals surface area contributed by atoms with Crippen molar-refractivity contribution < 1.29 is 9.53 Å². The van der Waals surface area contributed by atoms with Crippen molar-refractivity contribution in [3.8, 4) is 0 Å². The van der Waals surface area contributed by atoms with Crippen molar-refractivity contribution in [2.75, 3.05) is 0 Å². The van der Waals surface area contributed by atoms with Gasteiger partial charge in [-0.2, -0.15) is 0 Å². The Morgan fingerprint density at radius 1 is 1.35 bits per heavy atom. The number of rotatable bonds is 3. The lowest BCUT2D eigenvalue weighted by Crippen LogP contribution is -2.38. The van der Waals surface area contributed by atoms with Gasteiger partial charge in [0.05, 0.1) is 0 Å². The summed E-state index contributed by atoms with van der Waals surface area (Å²) in [6, 6.07) is 7.35. The summed E-state index contributed by atoms with van der Waals surface area (Å²) < 4.78 is 6.39. The van der Waals surface area contributed by atoms with Crippen molar-refractivity contribution in [2.45, 2.75) is 38.8 Å². The van der Waals surface area contributed by atoms with E-state index in [1.54, 1.807) is 0 Å². The monoisotopic (exact) mass is 347 g/mol. The molecule has 0 saturated heterocycles. The number of nitrogens with two attached hydrogens (primary N) is 1. The maximum atomic E-state index is 11.7. The van der Waals surface area contributed by atoms with Crippen LogP contribution in [0.4, 0.5) is 0 Å². The molecule has 0 unspecified atom stereocenters. The fourth-order valence-electron chi connectivity index (χ4n) is 1.34. The average Bonchev–Trinajstić information content (AvgIpc) is 2.19. The lowest BCUT2D eigenvalue weighted by molar-refractivity contribution is -0.156. The van der Waals surface area contributed by atoms with E-state index in [2.05, 4.69) is 22.6 Å². The van der Waals surface area contributed by atoms with E-state index in [1.807, 2.05) is 45.0 Å². The Morgan fingerprint density at radius 2 is 1.88 bits per heavy atom. The molecule has 1 atom stereocenters. The number of halogens is 1. The highest BCUT2D eigenvalue weighted by atomic mass is 127. The zero-order valence-corrected chi connectivity index (χ0v) is 12.5. The molecule has 0 aliphatic heterocycles. The fraction of sp³-hybridized carbons (Fsp3) is 0.462. The van der Waals surface area contributed by atoms with Crippen LogP contribution in [0.2, 0.25) is 0 Å². The van der Waals surface area contributed by atoms with Gasteiger partial charge in [0.2, 0.25) is 0 Å². The summed E-state index contributed by atoms with van der Waals surface area (Å²) in [6.07, 6.45) is 0.506. The summed E-state index contributed by atoms with van der Waals surface area (Å²) in [5, 5.41) is 0. The maximum absolute atomic E-state index is 11.7. The van der Waals surface area contributed by atoms with Crippen LogP contribution in [-0.2, 0) is 16.0 Å². The molecule has 2 N–H and O–H groups in total. The van der Waals surface area contributed by atoms with Crippen molar-refractivity contribution in [3.63, 3.8) is 0 Å². The van der Waals surface area contributed by atoms with E-state index in [9.17, 15) is 4.79 Å². The Morgan fingerprint density at radius 3 is 2.35 bits per heavy atom. The van der Waals surface area contributed by atoms with E-state index >= 15 is 0 Å². The summed E-state index contributed by atoms with van der Waals surface area (Å²) in [4.78, 5) is 11.7. The average molecular weight is 347 g/mol. The Bertz CT molecular complexity index is 381. The quantitative estimate of drug-likeness (QED) is 0.675. The number of carbonyl (C=O) groups excluding carboxylic acids is 1. The van der Waals surface area contributed by atoms with Gasteiger partial charge in [0.25, 0.3) is 0 Å². The molecule has 0 aliphatic rings. The molecule has 0 fully saturated rings. The largest absolute Gasteiger partial charge is 0.459 e. The Balaban J connectivity index is 2.57. The third-order valence-electron chi connectivity index (χ3n) is 2.08. The van der Waals surface area contributed by atoms with Gasteiger partial charge >= 0.3 is 5.97 Å². The molecule has 0 aliphatic carbocycles. The molecule has 4 heteroatoms. The minimum absolute atomic E-state index is 0.351. The summed E-state index contributed by atoms with van der Waals surface area (Å²) in [5.74, 6) is -0.351. The van der Waals surface area contributed by atoms with Crippen LogP contribution in [0.25, 0.3) is 0 Å². The lowest BCUT2D eigenvalue weighted by atomic mass is 10.1. The summed E-state index contributed by atoms with van der Waals surface area (Å²) >= 11 is 2.24. The van der Waals surface area contributed by atoms with Gasteiger partial charge in [0.1, 0.15) is 11.6 Å². The summed E-state index contributed by atoms with van der Waals surface area (Å²) in [7, 11) is 0. The third kappa shape index (κ3) is 5.50. The third-order valence-corrected chi connectivity index (χ3v) is 2.80. The van der Waals surface area contributed by atoms with Crippen LogP contribution in [0, 0.1) is 3.57 Å². The number of benzene rings is 1. The molecule has 0 amide bonds. The number of carbonyl (C=O) groups is 1. The highest BCUT2D eigenvalue weighted by Gasteiger charge is 2.22. The van der Waals surface area contributed by atoms with Crippen LogP contribution in [-0.4, -0.2) is 17.6 Å². The number of hydrogen-bond acceptors (Lipinski definition) is 3. The minimum atomic E-state index is -0.603. The first kappa shape index (κ1) is 14.4. The number of ether oxygens (including phenoxy) is 1. The molecule has 3 nitrogen and oxygen atoms in total. The second-order valence-corrected chi connectivity index (χ2v) is 6.22. The van der Waals surface area contributed by atoms with E-state index in [1.165, 1.54) is 0 Å². The summed E-state index contributed by atoms with van der Waals surface area (Å²) in [5.41, 5.74) is 6.38. The van der Waals surface area contributed by atoms with E-state index in [4.69, 9.17) is 10.5 Å². The van der Waals surface area contributed by atoms with Crippen LogP contribution < -0.4 is 5.73 Å². The van der Waals surface area contributed by atoms with Gasteiger partial charge in [-0.1, -0.05) is 12.1 Å².